The molecule has 2 aromatic heterocycles. The summed E-state index contributed by atoms with van der Waals surface area (Å²) in [6, 6.07) is 10.8. The first-order valence-electron chi connectivity index (χ1n) is 15.4. The van der Waals surface area contributed by atoms with E-state index < -0.39 is 40.0 Å². The van der Waals surface area contributed by atoms with E-state index in [-0.39, 0.29) is 34.8 Å². The van der Waals surface area contributed by atoms with Gasteiger partial charge in [0.25, 0.3) is 0 Å². The number of nitrogens with zero attached hydrogens (tertiary/aromatic N) is 4. The number of halogens is 3. The van der Waals surface area contributed by atoms with Crippen LogP contribution in [0.5, 0.6) is 11.6 Å². The van der Waals surface area contributed by atoms with Crippen molar-refractivity contribution in [2.24, 2.45) is 0 Å². The van der Waals surface area contributed by atoms with Crippen molar-refractivity contribution in [2.75, 3.05) is 28.9 Å². The van der Waals surface area contributed by atoms with Crippen LogP contribution in [0, 0.1) is 12.7 Å². The summed E-state index contributed by atoms with van der Waals surface area (Å²) in [5.74, 6) is -0.929. The van der Waals surface area contributed by atoms with Crippen LogP contribution in [-0.2, 0) is 14.8 Å². The van der Waals surface area contributed by atoms with Gasteiger partial charge in [-0.1, -0.05) is 12.1 Å². The summed E-state index contributed by atoms with van der Waals surface area (Å²) >= 11 is 0. The molecule has 0 aliphatic carbocycles. The molecule has 48 heavy (non-hydrogen) atoms. The van der Waals surface area contributed by atoms with Crippen molar-refractivity contribution >= 4 is 38.5 Å². The lowest BCUT2D eigenvalue weighted by Gasteiger charge is -2.34. The zero-order chi connectivity index (χ0) is 34.6. The Morgan fingerprint density at radius 1 is 1.08 bits per heavy atom. The number of carbonyl (C=O) groups is 1. The first-order chi connectivity index (χ1) is 22.7. The number of carbonyl (C=O) groups excluding carboxylic acids is 1. The fourth-order valence-electron chi connectivity index (χ4n) is 5.26. The SMILES string of the molecule is Cc1ccc2c(NS(=O)(=O)CCC(F)F)c(F)ccc2c1Oc1ncccc1-c1ccnc(NC2CCCN(C(=O)OC(C)(C)C)C2)n1. The zero-order valence-electron chi connectivity index (χ0n) is 27.0. The predicted octanol–water partition coefficient (Wildman–Crippen LogP) is 7.14. The number of fused-ring (bicyclic) bond motifs is 1. The quantitative estimate of drug-likeness (QED) is 0.178. The Morgan fingerprint density at radius 3 is 2.60 bits per heavy atom. The highest BCUT2D eigenvalue weighted by Gasteiger charge is 2.28. The van der Waals surface area contributed by atoms with Crippen molar-refractivity contribution in [2.45, 2.75) is 65.0 Å². The number of sulfonamides is 1. The summed E-state index contributed by atoms with van der Waals surface area (Å²) in [5.41, 5.74) is 0.693. The Balaban J connectivity index is 1.40. The van der Waals surface area contributed by atoms with E-state index in [0.717, 1.165) is 18.9 Å². The summed E-state index contributed by atoms with van der Waals surface area (Å²) in [6.45, 7) is 8.26. The molecule has 15 heteroatoms. The average molecular weight is 687 g/mol. The summed E-state index contributed by atoms with van der Waals surface area (Å²) < 4.78 is 79.3. The monoisotopic (exact) mass is 686 g/mol. The Labute approximate surface area is 276 Å². The molecule has 0 bridgehead atoms. The Bertz CT molecular complexity index is 1900. The minimum absolute atomic E-state index is 0.105. The highest BCUT2D eigenvalue weighted by molar-refractivity contribution is 7.92. The number of aromatic nitrogens is 3. The maximum Gasteiger partial charge on any atom is 0.410 e. The third kappa shape index (κ3) is 8.62. The molecule has 1 aliphatic heterocycles. The van der Waals surface area contributed by atoms with E-state index in [0.29, 0.717) is 41.2 Å². The first kappa shape index (κ1) is 34.7. The number of ether oxygens (including phenoxy) is 2. The van der Waals surface area contributed by atoms with E-state index in [1.165, 1.54) is 18.3 Å². The van der Waals surface area contributed by atoms with Crippen molar-refractivity contribution in [3.8, 4) is 22.9 Å². The topological polar surface area (TPSA) is 136 Å². The summed E-state index contributed by atoms with van der Waals surface area (Å²) in [6.07, 6.45) is 0.636. The highest BCUT2D eigenvalue weighted by atomic mass is 32.2. The number of piperidine rings is 1. The predicted molar refractivity (Wildman–Crippen MR) is 176 cm³/mol. The number of hydrogen-bond donors (Lipinski definition) is 2. The van der Waals surface area contributed by atoms with Gasteiger partial charge in [0.05, 0.1) is 22.7 Å². The fourth-order valence-corrected chi connectivity index (χ4v) is 6.37. The Morgan fingerprint density at radius 2 is 1.85 bits per heavy atom. The molecule has 2 N–H and O–H groups in total. The second-order valence-electron chi connectivity index (χ2n) is 12.5. The molecule has 4 aromatic rings. The molecule has 0 saturated carbocycles. The normalized spacial score (nSPS) is 15.4. The van der Waals surface area contributed by atoms with Gasteiger partial charge < -0.3 is 19.7 Å². The molecule has 1 unspecified atom stereocenters. The van der Waals surface area contributed by atoms with Crippen LogP contribution < -0.4 is 14.8 Å². The molecule has 11 nitrogen and oxygen atoms in total. The molecular formula is C33H37F3N6O5S. The van der Waals surface area contributed by atoms with Crippen LogP contribution in [0.1, 0.15) is 45.6 Å². The summed E-state index contributed by atoms with van der Waals surface area (Å²) in [5, 5.41) is 3.87. The third-order valence-electron chi connectivity index (χ3n) is 7.47. The van der Waals surface area contributed by atoms with Crippen molar-refractivity contribution in [3.63, 3.8) is 0 Å². The molecule has 0 spiro atoms. The maximum atomic E-state index is 15.0. The molecule has 256 valence electrons. The van der Waals surface area contributed by atoms with Gasteiger partial charge in [-0.25, -0.2) is 41.3 Å². The van der Waals surface area contributed by atoms with Crippen LogP contribution in [0.15, 0.2) is 54.9 Å². The van der Waals surface area contributed by atoms with Crippen LogP contribution in [0.4, 0.5) is 29.6 Å². The Hall–Kier alpha value is -4.66. The molecule has 1 aliphatic rings. The van der Waals surface area contributed by atoms with E-state index in [4.69, 9.17) is 14.5 Å². The van der Waals surface area contributed by atoms with Crippen molar-refractivity contribution in [1.82, 2.24) is 19.9 Å². The number of nitrogens with one attached hydrogen (secondary N) is 2. The molecule has 1 saturated heterocycles. The van der Waals surface area contributed by atoms with E-state index in [9.17, 15) is 26.4 Å². The van der Waals surface area contributed by atoms with Crippen LogP contribution >= 0.6 is 0 Å². The van der Waals surface area contributed by atoms with Crippen LogP contribution in [0.25, 0.3) is 22.0 Å². The van der Waals surface area contributed by atoms with E-state index >= 15 is 0 Å². The molecule has 1 fully saturated rings. The number of alkyl halides is 2. The lowest BCUT2D eigenvalue weighted by Crippen LogP contribution is -2.47. The van der Waals surface area contributed by atoms with Crippen LogP contribution in [0.3, 0.4) is 0 Å². The highest BCUT2D eigenvalue weighted by Crippen LogP contribution is 2.39. The number of hydrogen-bond acceptors (Lipinski definition) is 9. The van der Waals surface area contributed by atoms with Gasteiger partial charge in [0, 0.05) is 48.7 Å². The number of anilines is 2. The zero-order valence-corrected chi connectivity index (χ0v) is 27.8. The molecule has 2 aromatic carbocycles. The number of rotatable bonds is 10. The second kappa shape index (κ2) is 14.2. The van der Waals surface area contributed by atoms with Gasteiger partial charge in [-0.15, -0.1) is 0 Å². The summed E-state index contributed by atoms with van der Waals surface area (Å²) in [7, 11) is -4.27. The number of pyridine rings is 1. The molecule has 0 radical (unpaired) electrons. The standard InChI is InChI=1S/C33H37F3N6O5S/c1-20-9-10-22-23(11-12-25(34)28(22)41-48(44,45)18-14-27(35)36)29(20)46-30-24(8-5-15-37-30)26-13-16-38-31(40-26)39-21-7-6-17-42(19-21)32(43)47-33(2,3)4/h5,8-13,15-16,21,27,41H,6-7,14,17-19H2,1-4H3,(H,38,39,40). The molecule has 1 atom stereocenters. The van der Waals surface area contributed by atoms with Gasteiger partial charge in [0.1, 0.15) is 17.2 Å². The van der Waals surface area contributed by atoms with Gasteiger partial charge in [-0.3, -0.25) is 4.72 Å². The lowest BCUT2D eigenvalue weighted by molar-refractivity contribution is 0.0206. The van der Waals surface area contributed by atoms with Gasteiger partial charge in [-0.2, -0.15) is 0 Å². The smallest absolute Gasteiger partial charge is 0.410 e. The van der Waals surface area contributed by atoms with E-state index in [1.807, 2.05) is 20.8 Å². The molecule has 5 rings (SSSR count). The number of benzene rings is 2. The number of likely N-dealkylation sites (tertiary alicyclic amines) is 1. The molecule has 1 amide bonds. The lowest BCUT2D eigenvalue weighted by atomic mass is 10.0. The van der Waals surface area contributed by atoms with Crippen LogP contribution in [-0.4, -0.2) is 71.3 Å². The van der Waals surface area contributed by atoms with E-state index in [1.54, 1.807) is 42.3 Å². The fraction of sp³-hybridized carbons (Fsp3) is 0.394. The number of aryl methyl sites for hydroxylation is 1. The van der Waals surface area contributed by atoms with Gasteiger partial charge in [-0.05, 0) is 76.4 Å². The first-order valence-corrected chi connectivity index (χ1v) is 17.1. The summed E-state index contributed by atoms with van der Waals surface area (Å²) in [4.78, 5) is 27.8. The van der Waals surface area contributed by atoms with E-state index in [2.05, 4.69) is 20.0 Å². The second-order valence-corrected chi connectivity index (χ2v) is 14.3. The van der Waals surface area contributed by atoms with Crippen LogP contribution in [0.2, 0.25) is 0 Å². The van der Waals surface area contributed by atoms with Gasteiger partial charge in [0.2, 0.25) is 28.3 Å². The minimum atomic E-state index is -4.27. The number of amides is 1. The Kier molecular flexibility index (Phi) is 10.3. The molecule has 3 heterocycles. The van der Waals surface area contributed by atoms with Crippen molar-refractivity contribution < 1.29 is 35.9 Å². The van der Waals surface area contributed by atoms with Crippen molar-refractivity contribution in [3.05, 3.63) is 66.2 Å². The maximum absolute atomic E-state index is 15.0. The van der Waals surface area contributed by atoms with Gasteiger partial charge >= 0.3 is 6.09 Å². The minimum Gasteiger partial charge on any atom is -0.444 e. The van der Waals surface area contributed by atoms with Crippen molar-refractivity contribution in [1.29, 1.82) is 0 Å². The van der Waals surface area contributed by atoms with Gasteiger partial charge in [0.15, 0.2) is 0 Å². The average Bonchev–Trinajstić information content (AvgIpc) is 3.02. The largest absolute Gasteiger partial charge is 0.444 e. The molecular weight excluding hydrogens is 649 g/mol. The third-order valence-corrected chi connectivity index (χ3v) is 8.76.